The highest BCUT2D eigenvalue weighted by atomic mass is 19.4. The van der Waals surface area contributed by atoms with Crippen LogP contribution in [0, 0.1) is 0 Å². The first kappa shape index (κ1) is 22.1. The number of nitrogens with one attached hydrogen (secondary N) is 2. The molecule has 0 fully saturated rings. The van der Waals surface area contributed by atoms with Gasteiger partial charge in [0.25, 0.3) is 0 Å². The van der Waals surface area contributed by atoms with Crippen molar-refractivity contribution < 1.29 is 31.1 Å². The van der Waals surface area contributed by atoms with Gasteiger partial charge in [0.15, 0.2) is 6.61 Å². The lowest BCUT2D eigenvalue weighted by Crippen LogP contribution is -2.21. The van der Waals surface area contributed by atoms with Crippen molar-refractivity contribution in [3.63, 3.8) is 0 Å². The summed E-state index contributed by atoms with van der Waals surface area (Å²) < 4.78 is 80.7. The lowest BCUT2D eigenvalue weighted by atomic mass is 10.2. The van der Waals surface area contributed by atoms with Gasteiger partial charge in [-0.05, 0) is 30.3 Å². The first-order valence-corrected chi connectivity index (χ1v) is 8.62. The van der Waals surface area contributed by atoms with Crippen LogP contribution in [0.1, 0.15) is 11.3 Å². The number of pyridine rings is 1. The van der Waals surface area contributed by atoms with Crippen LogP contribution in [-0.2, 0) is 12.7 Å². The second kappa shape index (κ2) is 9.02. The van der Waals surface area contributed by atoms with Crippen LogP contribution < -0.4 is 15.4 Å². The number of halogens is 6. The third-order valence-corrected chi connectivity index (χ3v) is 3.58. The van der Waals surface area contributed by atoms with E-state index in [1.807, 2.05) is 0 Å². The molecule has 0 aliphatic heterocycles. The first-order valence-electron chi connectivity index (χ1n) is 8.62. The van der Waals surface area contributed by atoms with Crippen LogP contribution in [0.5, 0.6) is 6.01 Å². The van der Waals surface area contributed by atoms with Crippen molar-refractivity contribution in [1.82, 2.24) is 19.9 Å². The zero-order valence-corrected chi connectivity index (χ0v) is 15.5. The average Bonchev–Trinajstić information content (AvgIpc) is 2.71. The molecule has 3 aromatic rings. The molecule has 164 valence electrons. The summed E-state index contributed by atoms with van der Waals surface area (Å²) in [6, 6.07) is 8.62. The molecule has 13 heteroatoms. The van der Waals surface area contributed by atoms with E-state index in [9.17, 15) is 26.3 Å². The minimum absolute atomic E-state index is 0.0292. The Bertz CT molecular complexity index is 1010. The van der Waals surface area contributed by atoms with Crippen LogP contribution in [-0.4, -0.2) is 32.7 Å². The van der Waals surface area contributed by atoms with Crippen LogP contribution >= 0.6 is 0 Å². The molecule has 0 radical (unpaired) electrons. The third-order valence-electron chi connectivity index (χ3n) is 3.58. The predicted octanol–water partition coefficient (Wildman–Crippen LogP) is 4.58. The van der Waals surface area contributed by atoms with E-state index in [0.29, 0.717) is 5.69 Å². The molecule has 2 heterocycles. The van der Waals surface area contributed by atoms with E-state index in [-0.39, 0.29) is 24.1 Å². The van der Waals surface area contributed by atoms with Gasteiger partial charge in [-0.25, -0.2) is 0 Å². The number of nitrogens with zero attached hydrogens (tertiary/aromatic N) is 4. The normalized spacial score (nSPS) is 11.8. The Balaban J connectivity index is 1.83. The number of anilines is 3. The predicted molar refractivity (Wildman–Crippen MR) is 97.7 cm³/mol. The van der Waals surface area contributed by atoms with Gasteiger partial charge >= 0.3 is 18.4 Å². The summed E-state index contributed by atoms with van der Waals surface area (Å²) in [4.78, 5) is 15.5. The molecule has 0 spiro atoms. The molecule has 2 aromatic heterocycles. The van der Waals surface area contributed by atoms with Gasteiger partial charge in [-0.2, -0.15) is 41.3 Å². The number of hydrogen-bond acceptors (Lipinski definition) is 7. The van der Waals surface area contributed by atoms with E-state index in [0.717, 1.165) is 18.2 Å². The summed E-state index contributed by atoms with van der Waals surface area (Å²) in [6.45, 7) is -1.52. The van der Waals surface area contributed by atoms with Gasteiger partial charge in [-0.15, -0.1) is 0 Å². The molecule has 0 atom stereocenters. The monoisotopic (exact) mass is 444 g/mol. The Morgan fingerprint density at radius 2 is 1.65 bits per heavy atom. The van der Waals surface area contributed by atoms with E-state index in [1.165, 1.54) is 6.07 Å². The molecule has 7 nitrogen and oxygen atoms in total. The SMILES string of the molecule is FC(F)(F)COc1nc(NCc2ccccn2)nc(Nc2cccc(C(F)(F)F)c2)n1. The third kappa shape index (κ3) is 6.97. The van der Waals surface area contributed by atoms with Gasteiger partial charge in [0.2, 0.25) is 11.9 Å². The molecule has 0 bridgehead atoms. The minimum atomic E-state index is -4.64. The van der Waals surface area contributed by atoms with E-state index in [2.05, 4.69) is 35.3 Å². The van der Waals surface area contributed by atoms with E-state index in [4.69, 9.17) is 0 Å². The zero-order valence-electron chi connectivity index (χ0n) is 15.5. The molecule has 3 rings (SSSR count). The van der Waals surface area contributed by atoms with E-state index in [1.54, 1.807) is 24.4 Å². The Morgan fingerprint density at radius 1 is 0.871 bits per heavy atom. The highest BCUT2D eigenvalue weighted by Gasteiger charge is 2.31. The molecule has 2 N–H and O–H groups in total. The van der Waals surface area contributed by atoms with Crippen molar-refractivity contribution in [3.05, 3.63) is 59.9 Å². The summed E-state index contributed by atoms with van der Waals surface area (Å²) in [5.74, 6) is -0.470. The molecule has 0 saturated heterocycles. The Labute approximate surface area is 171 Å². The van der Waals surface area contributed by atoms with Crippen molar-refractivity contribution in [2.24, 2.45) is 0 Å². The number of alkyl halides is 6. The fraction of sp³-hybridized carbons (Fsp3) is 0.222. The second-order valence-corrected chi connectivity index (χ2v) is 6.05. The molecular weight excluding hydrogens is 430 g/mol. The average molecular weight is 444 g/mol. The minimum Gasteiger partial charge on any atom is -0.454 e. The highest BCUT2D eigenvalue weighted by Crippen LogP contribution is 2.31. The van der Waals surface area contributed by atoms with Crippen LogP contribution in [0.4, 0.5) is 43.9 Å². The maximum atomic E-state index is 12.9. The van der Waals surface area contributed by atoms with E-state index >= 15 is 0 Å². The molecule has 1 aromatic carbocycles. The lowest BCUT2D eigenvalue weighted by molar-refractivity contribution is -0.154. The Morgan fingerprint density at radius 3 is 2.32 bits per heavy atom. The number of ether oxygens (including phenoxy) is 1. The van der Waals surface area contributed by atoms with Crippen LogP contribution in [0.2, 0.25) is 0 Å². The second-order valence-electron chi connectivity index (χ2n) is 6.05. The fourth-order valence-electron chi connectivity index (χ4n) is 2.28. The molecule has 0 aliphatic carbocycles. The summed E-state index contributed by atoms with van der Waals surface area (Å²) in [7, 11) is 0. The van der Waals surface area contributed by atoms with Gasteiger partial charge in [-0.3, -0.25) is 4.98 Å². The van der Waals surface area contributed by atoms with Gasteiger partial charge in [0.05, 0.1) is 17.8 Å². The quantitative estimate of drug-likeness (QED) is 0.516. The van der Waals surface area contributed by atoms with Gasteiger partial charge in [0.1, 0.15) is 0 Å². The highest BCUT2D eigenvalue weighted by molar-refractivity contribution is 5.55. The molecule has 0 amide bonds. The first-order chi connectivity index (χ1) is 14.6. The molecular formula is C18H14F6N6O. The number of aromatic nitrogens is 4. The molecule has 0 aliphatic rings. The summed E-state index contributed by atoms with van der Waals surface area (Å²) in [5.41, 5.74) is -0.361. The van der Waals surface area contributed by atoms with Crippen molar-refractivity contribution in [2.75, 3.05) is 17.2 Å². The van der Waals surface area contributed by atoms with Crippen molar-refractivity contribution in [1.29, 1.82) is 0 Å². The van der Waals surface area contributed by atoms with Crippen molar-refractivity contribution >= 4 is 17.6 Å². The maximum absolute atomic E-state index is 12.9. The van der Waals surface area contributed by atoms with Crippen molar-refractivity contribution in [3.8, 4) is 6.01 Å². The van der Waals surface area contributed by atoms with Gasteiger partial charge < -0.3 is 15.4 Å². The lowest BCUT2D eigenvalue weighted by Gasteiger charge is -2.13. The Kier molecular flexibility index (Phi) is 6.42. The smallest absolute Gasteiger partial charge is 0.422 e. The number of hydrogen-bond donors (Lipinski definition) is 2. The number of rotatable bonds is 7. The zero-order chi connectivity index (χ0) is 22.5. The largest absolute Gasteiger partial charge is 0.454 e. The van der Waals surface area contributed by atoms with Crippen LogP contribution in [0.15, 0.2) is 48.7 Å². The van der Waals surface area contributed by atoms with E-state index < -0.39 is 30.5 Å². The van der Waals surface area contributed by atoms with Crippen molar-refractivity contribution in [2.45, 2.75) is 18.9 Å². The Hall–Kier alpha value is -3.64. The van der Waals surface area contributed by atoms with Crippen LogP contribution in [0.3, 0.4) is 0 Å². The standard InChI is InChI=1S/C18H14F6N6O/c19-17(20,21)10-31-16-29-14(26-9-13-5-1-2-7-25-13)28-15(30-16)27-12-6-3-4-11(8-12)18(22,23)24/h1-8H,9-10H2,(H2,26,27,28,29,30). The maximum Gasteiger partial charge on any atom is 0.422 e. The molecule has 0 saturated carbocycles. The fourth-order valence-corrected chi connectivity index (χ4v) is 2.28. The van der Waals surface area contributed by atoms with Gasteiger partial charge in [-0.1, -0.05) is 12.1 Å². The summed E-state index contributed by atoms with van der Waals surface area (Å²) in [5, 5.41) is 5.27. The van der Waals surface area contributed by atoms with Gasteiger partial charge in [0, 0.05) is 11.9 Å². The van der Waals surface area contributed by atoms with Crippen LogP contribution in [0.25, 0.3) is 0 Å². The molecule has 31 heavy (non-hydrogen) atoms. The summed E-state index contributed by atoms with van der Waals surface area (Å²) in [6.07, 6.45) is -7.67. The topological polar surface area (TPSA) is 84.8 Å². The summed E-state index contributed by atoms with van der Waals surface area (Å²) >= 11 is 0. The number of benzene rings is 1. The molecule has 0 unspecified atom stereocenters.